The largest absolute Gasteiger partial charge is 0.469 e. The van der Waals surface area contributed by atoms with Crippen molar-refractivity contribution in [2.24, 2.45) is 5.41 Å². The van der Waals surface area contributed by atoms with E-state index in [1.165, 1.54) is 13.5 Å². The number of esters is 1. The summed E-state index contributed by atoms with van der Waals surface area (Å²) in [7, 11) is 1.51. The van der Waals surface area contributed by atoms with E-state index >= 15 is 0 Å². The summed E-state index contributed by atoms with van der Waals surface area (Å²) >= 11 is 0. The minimum Gasteiger partial charge on any atom is -0.469 e. The van der Waals surface area contributed by atoms with Gasteiger partial charge in [0.2, 0.25) is 0 Å². The van der Waals surface area contributed by atoms with Crippen molar-refractivity contribution in [1.29, 1.82) is 0 Å². The van der Waals surface area contributed by atoms with Crippen LogP contribution in [0.4, 0.5) is 0 Å². The Bertz CT molecular complexity index is 316. The van der Waals surface area contributed by atoms with Gasteiger partial charge in [0.05, 0.1) is 24.7 Å². The third-order valence-electron chi connectivity index (χ3n) is 4.86. The minimum atomic E-state index is -0.294. The molecule has 0 bridgehead atoms. The van der Waals surface area contributed by atoms with Crippen LogP contribution in [0.15, 0.2) is 0 Å². The molecule has 0 aromatic heterocycles. The second-order valence-corrected chi connectivity index (χ2v) is 6.64. The first kappa shape index (κ1) is 15.8. The second kappa shape index (κ2) is 6.90. The maximum absolute atomic E-state index is 12.2. The van der Waals surface area contributed by atoms with Crippen LogP contribution in [0.5, 0.6) is 0 Å². The zero-order valence-corrected chi connectivity index (χ0v) is 13.1. The van der Waals surface area contributed by atoms with E-state index in [1.807, 2.05) is 0 Å². The summed E-state index contributed by atoms with van der Waals surface area (Å²) in [6.07, 6.45) is 8.10. The van der Waals surface area contributed by atoms with Crippen molar-refractivity contribution in [2.45, 2.75) is 77.0 Å². The third kappa shape index (κ3) is 3.73. The average Bonchev–Trinajstić information content (AvgIpc) is 2.44. The second-order valence-electron chi connectivity index (χ2n) is 6.64. The summed E-state index contributed by atoms with van der Waals surface area (Å²) in [5.74, 6) is -0.0298. The molecule has 0 amide bonds. The van der Waals surface area contributed by atoms with Crippen LogP contribution in [0.3, 0.4) is 0 Å². The SMILES string of the molecule is COC(=O)C1(CNC2C[C@H](C)O[C@@H](C)C2)CCCCC1. The summed E-state index contributed by atoms with van der Waals surface area (Å²) in [4.78, 5) is 12.2. The molecule has 1 aliphatic carbocycles. The lowest BCUT2D eigenvalue weighted by atomic mass is 9.73. The lowest BCUT2D eigenvalue weighted by Crippen LogP contribution is -2.49. The summed E-state index contributed by atoms with van der Waals surface area (Å²) in [5, 5.41) is 3.63. The normalized spacial score (nSPS) is 33.6. The van der Waals surface area contributed by atoms with Crippen molar-refractivity contribution >= 4 is 5.97 Å². The molecule has 1 saturated heterocycles. The predicted molar refractivity (Wildman–Crippen MR) is 78.6 cm³/mol. The highest BCUT2D eigenvalue weighted by Gasteiger charge is 2.41. The highest BCUT2D eigenvalue weighted by Crippen LogP contribution is 2.37. The number of ether oxygens (including phenoxy) is 2. The Hall–Kier alpha value is -0.610. The monoisotopic (exact) mass is 283 g/mol. The van der Waals surface area contributed by atoms with Crippen LogP contribution in [0.2, 0.25) is 0 Å². The molecule has 2 atom stereocenters. The van der Waals surface area contributed by atoms with Crippen LogP contribution >= 0.6 is 0 Å². The van der Waals surface area contributed by atoms with E-state index in [1.54, 1.807) is 0 Å². The molecule has 0 spiro atoms. The number of hydrogen-bond donors (Lipinski definition) is 1. The molecule has 116 valence electrons. The van der Waals surface area contributed by atoms with Crippen LogP contribution in [0.25, 0.3) is 0 Å². The van der Waals surface area contributed by atoms with E-state index in [9.17, 15) is 4.79 Å². The molecule has 2 aliphatic rings. The van der Waals surface area contributed by atoms with E-state index in [2.05, 4.69) is 19.2 Å². The van der Waals surface area contributed by atoms with Crippen molar-refractivity contribution in [2.75, 3.05) is 13.7 Å². The van der Waals surface area contributed by atoms with E-state index in [0.717, 1.165) is 45.1 Å². The van der Waals surface area contributed by atoms with Gasteiger partial charge in [-0.15, -0.1) is 0 Å². The van der Waals surface area contributed by atoms with Crippen LogP contribution in [-0.4, -0.2) is 37.9 Å². The quantitative estimate of drug-likeness (QED) is 0.806. The van der Waals surface area contributed by atoms with Gasteiger partial charge >= 0.3 is 5.97 Å². The maximum atomic E-state index is 12.2. The first-order valence-electron chi connectivity index (χ1n) is 8.03. The van der Waals surface area contributed by atoms with Gasteiger partial charge in [0.15, 0.2) is 0 Å². The molecule has 0 aromatic rings. The van der Waals surface area contributed by atoms with E-state index in [4.69, 9.17) is 9.47 Å². The maximum Gasteiger partial charge on any atom is 0.313 e. The van der Waals surface area contributed by atoms with Crippen LogP contribution < -0.4 is 5.32 Å². The number of rotatable bonds is 4. The molecule has 1 saturated carbocycles. The topological polar surface area (TPSA) is 47.6 Å². The average molecular weight is 283 g/mol. The lowest BCUT2D eigenvalue weighted by molar-refractivity contribution is -0.154. The molecule has 1 heterocycles. The smallest absolute Gasteiger partial charge is 0.313 e. The van der Waals surface area contributed by atoms with Gasteiger partial charge < -0.3 is 14.8 Å². The van der Waals surface area contributed by atoms with Gasteiger partial charge in [-0.2, -0.15) is 0 Å². The first-order valence-corrected chi connectivity index (χ1v) is 8.03. The zero-order valence-electron chi connectivity index (χ0n) is 13.1. The van der Waals surface area contributed by atoms with Gasteiger partial charge in [0.1, 0.15) is 0 Å². The van der Waals surface area contributed by atoms with Crippen molar-refractivity contribution in [3.8, 4) is 0 Å². The van der Waals surface area contributed by atoms with Gasteiger partial charge in [-0.25, -0.2) is 0 Å². The standard InChI is InChI=1S/C16H29NO3/c1-12-9-14(10-13(2)20-12)17-11-16(15(18)19-3)7-5-4-6-8-16/h12-14,17H,4-11H2,1-3H3/t12-,13-/m0/s1. The van der Waals surface area contributed by atoms with Gasteiger partial charge in [-0.05, 0) is 39.5 Å². The van der Waals surface area contributed by atoms with Crippen LogP contribution in [0, 0.1) is 5.41 Å². The Balaban J connectivity index is 1.93. The fraction of sp³-hybridized carbons (Fsp3) is 0.938. The Kier molecular flexibility index (Phi) is 5.44. The van der Waals surface area contributed by atoms with Gasteiger partial charge in [0, 0.05) is 12.6 Å². The Morgan fingerprint density at radius 3 is 2.35 bits per heavy atom. The Morgan fingerprint density at radius 2 is 1.80 bits per heavy atom. The molecule has 20 heavy (non-hydrogen) atoms. The number of hydrogen-bond acceptors (Lipinski definition) is 4. The van der Waals surface area contributed by atoms with Crippen molar-refractivity contribution < 1.29 is 14.3 Å². The van der Waals surface area contributed by atoms with E-state index < -0.39 is 0 Å². The molecule has 4 nitrogen and oxygen atoms in total. The molecule has 4 heteroatoms. The minimum absolute atomic E-state index is 0.0298. The Labute approximate surface area is 122 Å². The highest BCUT2D eigenvalue weighted by molar-refractivity contribution is 5.77. The molecule has 0 aromatic carbocycles. The van der Waals surface area contributed by atoms with Gasteiger partial charge in [-0.3, -0.25) is 4.79 Å². The van der Waals surface area contributed by atoms with Crippen molar-refractivity contribution in [1.82, 2.24) is 5.32 Å². The van der Waals surface area contributed by atoms with Crippen molar-refractivity contribution in [3.63, 3.8) is 0 Å². The number of nitrogens with one attached hydrogen (secondary N) is 1. The van der Waals surface area contributed by atoms with Gasteiger partial charge in [0.25, 0.3) is 0 Å². The molecule has 2 rings (SSSR count). The predicted octanol–water partition coefficient (Wildman–Crippen LogP) is 2.66. The summed E-state index contributed by atoms with van der Waals surface area (Å²) in [6.45, 7) is 5.01. The molecular formula is C16H29NO3. The fourth-order valence-electron chi connectivity index (χ4n) is 3.81. The summed E-state index contributed by atoms with van der Waals surface area (Å²) < 4.78 is 10.8. The van der Waals surface area contributed by atoms with E-state index in [0.29, 0.717) is 18.2 Å². The van der Waals surface area contributed by atoms with Gasteiger partial charge in [-0.1, -0.05) is 19.3 Å². The zero-order chi connectivity index (χ0) is 14.6. The summed E-state index contributed by atoms with van der Waals surface area (Å²) in [5.41, 5.74) is -0.294. The number of carbonyl (C=O) groups is 1. The van der Waals surface area contributed by atoms with E-state index in [-0.39, 0.29) is 11.4 Å². The number of carbonyl (C=O) groups excluding carboxylic acids is 1. The third-order valence-corrected chi connectivity index (χ3v) is 4.86. The number of methoxy groups -OCH3 is 1. The van der Waals surface area contributed by atoms with Crippen LogP contribution in [0.1, 0.15) is 58.8 Å². The summed E-state index contributed by atoms with van der Waals surface area (Å²) in [6, 6.07) is 0.456. The molecule has 1 aliphatic heterocycles. The fourth-order valence-corrected chi connectivity index (χ4v) is 3.81. The molecule has 0 radical (unpaired) electrons. The Morgan fingerprint density at radius 1 is 1.20 bits per heavy atom. The van der Waals surface area contributed by atoms with Crippen molar-refractivity contribution in [3.05, 3.63) is 0 Å². The van der Waals surface area contributed by atoms with Crippen LogP contribution in [-0.2, 0) is 14.3 Å². The first-order chi connectivity index (χ1) is 9.55. The molecular weight excluding hydrogens is 254 g/mol. The highest BCUT2D eigenvalue weighted by atomic mass is 16.5. The molecule has 2 fully saturated rings. The molecule has 1 N–H and O–H groups in total. The molecule has 0 unspecified atom stereocenters. The lowest BCUT2D eigenvalue weighted by Gasteiger charge is -2.38.